The van der Waals surface area contributed by atoms with Crippen molar-refractivity contribution in [2.45, 2.75) is 71.3 Å². The normalized spacial score (nSPS) is 13.2. The average Bonchev–Trinajstić information content (AvgIpc) is 2.02. The number of nitrogens with two attached hydrogens (primary N) is 1. The van der Waals surface area contributed by atoms with E-state index in [4.69, 9.17) is 5.73 Å². The maximum atomic E-state index is 5.65. The Morgan fingerprint density at radius 2 is 1.42 bits per heavy atom. The van der Waals surface area contributed by atoms with Crippen LogP contribution in [0.2, 0.25) is 0 Å². The van der Waals surface area contributed by atoms with E-state index in [-0.39, 0.29) is 0 Å². The van der Waals surface area contributed by atoms with Crippen molar-refractivity contribution in [3.05, 3.63) is 0 Å². The molecule has 1 unspecified atom stereocenters. The lowest BCUT2D eigenvalue weighted by molar-refractivity contribution is 0.547. The fourth-order valence-electron chi connectivity index (χ4n) is 1.42. The molecule has 2 N–H and O–H groups in total. The Hall–Kier alpha value is -0.0400. The Bertz CT molecular complexity index is 79.1. The fourth-order valence-corrected chi connectivity index (χ4v) is 1.42. The second kappa shape index (κ2) is 9.05. The van der Waals surface area contributed by atoms with Crippen LogP contribution in [0.5, 0.6) is 0 Å². The summed E-state index contributed by atoms with van der Waals surface area (Å²) in [7, 11) is 0. The Kier molecular flexibility index (Phi) is 9.02. The van der Waals surface area contributed by atoms with Crippen molar-refractivity contribution in [2.75, 3.05) is 0 Å². The molecule has 0 saturated heterocycles. The van der Waals surface area contributed by atoms with Gasteiger partial charge < -0.3 is 5.73 Å². The highest BCUT2D eigenvalue weighted by atomic mass is 14.6. The molecule has 0 aliphatic carbocycles. The van der Waals surface area contributed by atoms with Gasteiger partial charge in [-0.15, -0.1) is 0 Å². The number of hydrogen-bond acceptors (Lipinski definition) is 1. The van der Waals surface area contributed by atoms with Crippen LogP contribution >= 0.6 is 0 Å². The van der Waals surface area contributed by atoms with Crippen LogP contribution in [0.3, 0.4) is 0 Å². The molecule has 0 aromatic rings. The highest BCUT2D eigenvalue weighted by molar-refractivity contribution is 4.53. The highest BCUT2D eigenvalue weighted by Gasteiger charge is 1.94. The van der Waals surface area contributed by atoms with E-state index in [9.17, 15) is 0 Å². The molecule has 0 aliphatic rings. The summed E-state index contributed by atoms with van der Waals surface area (Å²) in [5.74, 6) is 0. The highest BCUT2D eigenvalue weighted by Crippen LogP contribution is 2.08. The van der Waals surface area contributed by atoms with Gasteiger partial charge in [-0.05, 0) is 13.3 Å². The molecule has 0 heterocycles. The topological polar surface area (TPSA) is 26.0 Å². The van der Waals surface area contributed by atoms with E-state index in [1.165, 1.54) is 51.4 Å². The third-order valence-corrected chi connectivity index (χ3v) is 2.26. The Balaban J connectivity index is 2.82. The van der Waals surface area contributed by atoms with Gasteiger partial charge in [-0.1, -0.05) is 51.9 Å². The maximum absolute atomic E-state index is 5.65. The summed E-state index contributed by atoms with van der Waals surface area (Å²) in [4.78, 5) is 0. The van der Waals surface area contributed by atoms with Crippen molar-refractivity contribution in [1.82, 2.24) is 0 Å². The first-order valence-electron chi connectivity index (χ1n) is 5.53. The van der Waals surface area contributed by atoms with Crippen molar-refractivity contribution < 1.29 is 0 Å². The minimum absolute atomic E-state index is 0.403. The maximum Gasteiger partial charge on any atom is 0.00104 e. The summed E-state index contributed by atoms with van der Waals surface area (Å²) in [5.41, 5.74) is 5.65. The van der Waals surface area contributed by atoms with Crippen LogP contribution < -0.4 is 5.73 Å². The first-order chi connectivity index (χ1) is 5.77. The number of unbranched alkanes of at least 4 members (excludes halogenated alkanes) is 6. The minimum atomic E-state index is 0.403. The first kappa shape index (κ1) is 12.0. The molecule has 74 valence electrons. The lowest BCUT2D eigenvalue weighted by Gasteiger charge is -2.03. The van der Waals surface area contributed by atoms with Crippen molar-refractivity contribution in [3.8, 4) is 0 Å². The first-order valence-corrected chi connectivity index (χ1v) is 5.53. The zero-order valence-electron chi connectivity index (χ0n) is 8.81. The van der Waals surface area contributed by atoms with Gasteiger partial charge in [0.15, 0.2) is 0 Å². The molecule has 1 heteroatoms. The summed E-state index contributed by atoms with van der Waals surface area (Å²) in [6, 6.07) is 0.403. The second-order valence-corrected chi connectivity index (χ2v) is 3.89. The van der Waals surface area contributed by atoms with Gasteiger partial charge in [0.05, 0.1) is 0 Å². The molecule has 0 amide bonds. The van der Waals surface area contributed by atoms with Crippen molar-refractivity contribution >= 4 is 0 Å². The van der Waals surface area contributed by atoms with Crippen LogP contribution in [0.15, 0.2) is 0 Å². The van der Waals surface area contributed by atoms with E-state index in [0.29, 0.717) is 6.04 Å². The van der Waals surface area contributed by atoms with Gasteiger partial charge in [0, 0.05) is 6.04 Å². The smallest absolute Gasteiger partial charge is 0.00104 e. The molecule has 12 heavy (non-hydrogen) atoms. The largest absolute Gasteiger partial charge is 0.328 e. The van der Waals surface area contributed by atoms with Gasteiger partial charge in [-0.25, -0.2) is 0 Å². The predicted molar refractivity (Wildman–Crippen MR) is 56.3 cm³/mol. The van der Waals surface area contributed by atoms with Gasteiger partial charge in [0.25, 0.3) is 0 Å². The minimum Gasteiger partial charge on any atom is -0.328 e. The Morgan fingerprint density at radius 3 is 1.92 bits per heavy atom. The SMILES string of the molecule is CCCCCCCCCC(C)N. The van der Waals surface area contributed by atoms with Crippen molar-refractivity contribution in [1.29, 1.82) is 0 Å². The quantitative estimate of drug-likeness (QED) is 0.556. The summed E-state index contributed by atoms with van der Waals surface area (Å²) in [6.07, 6.45) is 10.9. The van der Waals surface area contributed by atoms with E-state index in [2.05, 4.69) is 13.8 Å². The van der Waals surface area contributed by atoms with E-state index in [1.54, 1.807) is 0 Å². The third-order valence-electron chi connectivity index (χ3n) is 2.26. The van der Waals surface area contributed by atoms with Crippen molar-refractivity contribution in [2.24, 2.45) is 5.73 Å². The van der Waals surface area contributed by atoms with E-state index >= 15 is 0 Å². The monoisotopic (exact) mass is 171 g/mol. The third kappa shape index (κ3) is 9.96. The molecule has 0 aromatic carbocycles. The molecule has 0 rings (SSSR count). The average molecular weight is 171 g/mol. The standard InChI is InChI=1S/C11H25N/c1-3-4-5-6-7-8-9-10-11(2)12/h11H,3-10,12H2,1-2H3. The molecule has 0 fully saturated rings. The van der Waals surface area contributed by atoms with Crippen LogP contribution in [0.1, 0.15) is 65.2 Å². The van der Waals surface area contributed by atoms with Crippen LogP contribution in [0, 0.1) is 0 Å². The Morgan fingerprint density at radius 1 is 0.917 bits per heavy atom. The van der Waals surface area contributed by atoms with Crippen LogP contribution in [-0.4, -0.2) is 6.04 Å². The lowest BCUT2D eigenvalue weighted by Crippen LogP contribution is -2.13. The molecule has 1 atom stereocenters. The van der Waals surface area contributed by atoms with Gasteiger partial charge in [0.2, 0.25) is 0 Å². The second-order valence-electron chi connectivity index (χ2n) is 3.89. The molecule has 0 saturated carbocycles. The predicted octanol–water partition coefficient (Wildman–Crippen LogP) is 3.47. The molecule has 0 spiro atoms. The summed E-state index contributed by atoms with van der Waals surface area (Å²) in [6.45, 7) is 4.35. The molecule has 0 aliphatic heterocycles. The van der Waals surface area contributed by atoms with Gasteiger partial charge in [0.1, 0.15) is 0 Å². The molecular formula is C11H25N. The Labute approximate surface area is 77.7 Å². The van der Waals surface area contributed by atoms with E-state index < -0.39 is 0 Å². The molecule has 0 aromatic heterocycles. The van der Waals surface area contributed by atoms with Gasteiger partial charge >= 0.3 is 0 Å². The van der Waals surface area contributed by atoms with Crippen LogP contribution in [0.25, 0.3) is 0 Å². The fraction of sp³-hybridized carbons (Fsp3) is 1.00. The summed E-state index contributed by atoms with van der Waals surface area (Å²) in [5, 5.41) is 0. The van der Waals surface area contributed by atoms with Gasteiger partial charge in [-0.3, -0.25) is 0 Å². The summed E-state index contributed by atoms with van der Waals surface area (Å²) >= 11 is 0. The van der Waals surface area contributed by atoms with Gasteiger partial charge in [-0.2, -0.15) is 0 Å². The molecule has 0 bridgehead atoms. The number of hydrogen-bond donors (Lipinski definition) is 1. The zero-order valence-corrected chi connectivity index (χ0v) is 8.81. The van der Waals surface area contributed by atoms with E-state index in [1.807, 2.05) is 0 Å². The summed E-state index contributed by atoms with van der Waals surface area (Å²) < 4.78 is 0. The van der Waals surface area contributed by atoms with Crippen molar-refractivity contribution in [3.63, 3.8) is 0 Å². The molecule has 0 radical (unpaired) electrons. The lowest BCUT2D eigenvalue weighted by atomic mass is 10.1. The number of rotatable bonds is 8. The van der Waals surface area contributed by atoms with E-state index in [0.717, 1.165) is 0 Å². The molecular weight excluding hydrogens is 146 g/mol. The van der Waals surface area contributed by atoms with Crippen LogP contribution in [0.4, 0.5) is 0 Å². The zero-order chi connectivity index (χ0) is 9.23. The van der Waals surface area contributed by atoms with Crippen LogP contribution in [-0.2, 0) is 0 Å². The molecule has 1 nitrogen and oxygen atoms in total.